The molecule has 5 nitrogen and oxygen atoms in total. The Morgan fingerprint density at radius 2 is 2.00 bits per heavy atom. The number of aromatic nitrogens is 3. The van der Waals surface area contributed by atoms with Gasteiger partial charge >= 0.3 is 0 Å². The lowest BCUT2D eigenvalue weighted by atomic mass is 9.92. The zero-order valence-electron chi connectivity index (χ0n) is 13.2. The number of hydrogen-bond donors (Lipinski definition) is 2. The highest BCUT2D eigenvalue weighted by atomic mass is 16.4. The van der Waals surface area contributed by atoms with Crippen LogP contribution in [0.3, 0.4) is 0 Å². The minimum atomic E-state index is 0.00512. The Morgan fingerprint density at radius 3 is 2.57 bits per heavy atom. The molecule has 1 aliphatic carbocycles. The summed E-state index contributed by atoms with van der Waals surface area (Å²) in [4.78, 5) is 4.68. The van der Waals surface area contributed by atoms with Crippen LogP contribution in [-0.2, 0) is 5.41 Å². The van der Waals surface area contributed by atoms with Gasteiger partial charge < -0.3 is 10.2 Å². The minimum Gasteiger partial charge on any atom is -0.445 e. The predicted molar refractivity (Wildman–Crippen MR) is 82.3 cm³/mol. The fourth-order valence-electron chi connectivity index (χ4n) is 3.34. The summed E-state index contributed by atoms with van der Waals surface area (Å²) in [6.07, 6.45) is 3.27. The first-order valence-corrected chi connectivity index (χ1v) is 7.63. The molecule has 0 amide bonds. The van der Waals surface area contributed by atoms with E-state index < -0.39 is 0 Å². The van der Waals surface area contributed by atoms with Gasteiger partial charge in [0.15, 0.2) is 5.89 Å². The number of aryl methyl sites for hydroxylation is 1. The lowest BCUT2D eigenvalue weighted by Crippen LogP contribution is -2.11. The Bertz CT molecular complexity index is 635. The van der Waals surface area contributed by atoms with Crippen LogP contribution in [0.5, 0.6) is 0 Å². The fourth-order valence-corrected chi connectivity index (χ4v) is 3.34. The highest BCUT2D eigenvalue weighted by Crippen LogP contribution is 2.44. The van der Waals surface area contributed by atoms with Crippen molar-refractivity contribution in [1.82, 2.24) is 15.2 Å². The van der Waals surface area contributed by atoms with Gasteiger partial charge in [0.25, 0.3) is 0 Å². The van der Waals surface area contributed by atoms with Gasteiger partial charge in [-0.25, -0.2) is 4.98 Å². The van der Waals surface area contributed by atoms with E-state index in [1.807, 2.05) is 13.0 Å². The van der Waals surface area contributed by atoms with Crippen molar-refractivity contribution < 1.29 is 4.42 Å². The molecule has 0 aliphatic heterocycles. The zero-order chi connectivity index (χ0) is 15.2. The van der Waals surface area contributed by atoms with Crippen molar-refractivity contribution in [1.29, 1.82) is 0 Å². The quantitative estimate of drug-likeness (QED) is 0.884. The normalized spacial score (nSPS) is 22.9. The number of nitrogens with two attached hydrogens (primary N) is 1. The molecule has 5 heteroatoms. The monoisotopic (exact) mass is 288 g/mol. The van der Waals surface area contributed by atoms with Crippen molar-refractivity contribution in [2.75, 3.05) is 5.73 Å². The lowest BCUT2D eigenvalue weighted by molar-refractivity contribution is 0.361. The molecule has 0 radical (unpaired) electrons. The van der Waals surface area contributed by atoms with E-state index in [2.05, 4.69) is 36.0 Å². The van der Waals surface area contributed by atoms with Gasteiger partial charge in [0.05, 0.1) is 5.69 Å². The zero-order valence-corrected chi connectivity index (χ0v) is 13.2. The number of nitrogen functional groups attached to an aromatic ring is 1. The van der Waals surface area contributed by atoms with E-state index in [0.29, 0.717) is 17.7 Å². The fraction of sp³-hybridized carbons (Fsp3) is 0.625. The Labute approximate surface area is 125 Å². The number of nitrogens with zero attached hydrogens (tertiary/aromatic N) is 2. The minimum absolute atomic E-state index is 0.00512. The van der Waals surface area contributed by atoms with Crippen molar-refractivity contribution >= 4 is 5.82 Å². The highest BCUT2D eigenvalue weighted by molar-refractivity contribution is 5.31. The molecule has 1 saturated carbocycles. The van der Waals surface area contributed by atoms with E-state index >= 15 is 0 Å². The number of oxazole rings is 1. The average molecular weight is 288 g/mol. The SMILES string of the molecule is Cc1nc(C2CCC(c3cc(N)n[nH]3)C2)oc1C(C)(C)C. The molecule has 2 aromatic rings. The first kappa shape index (κ1) is 14.2. The average Bonchev–Trinajstić information content (AvgIpc) is 3.05. The number of hydrogen-bond acceptors (Lipinski definition) is 4. The van der Waals surface area contributed by atoms with Crippen LogP contribution in [0, 0.1) is 6.92 Å². The number of H-pyrrole nitrogens is 1. The van der Waals surface area contributed by atoms with Crippen molar-refractivity contribution in [2.45, 2.75) is 64.2 Å². The van der Waals surface area contributed by atoms with E-state index in [-0.39, 0.29) is 5.41 Å². The van der Waals surface area contributed by atoms with Gasteiger partial charge in [-0.2, -0.15) is 5.10 Å². The van der Waals surface area contributed by atoms with Gasteiger partial charge in [0.1, 0.15) is 11.6 Å². The summed E-state index contributed by atoms with van der Waals surface area (Å²) in [5.74, 6) is 3.34. The van der Waals surface area contributed by atoms with Gasteiger partial charge in [0, 0.05) is 29.0 Å². The molecule has 114 valence electrons. The van der Waals surface area contributed by atoms with Gasteiger partial charge in [0.2, 0.25) is 0 Å². The van der Waals surface area contributed by atoms with E-state index in [1.165, 1.54) is 0 Å². The van der Waals surface area contributed by atoms with Crippen molar-refractivity contribution in [2.24, 2.45) is 0 Å². The largest absolute Gasteiger partial charge is 0.445 e. The Balaban J connectivity index is 1.77. The molecule has 0 aromatic carbocycles. The van der Waals surface area contributed by atoms with Crippen molar-refractivity contribution in [3.63, 3.8) is 0 Å². The molecule has 2 atom stereocenters. The third kappa shape index (κ3) is 2.69. The van der Waals surface area contributed by atoms with E-state index in [1.54, 1.807) is 0 Å². The first-order valence-electron chi connectivity index (χ1n) is 7.63. The van der Waals surface area contributed by atoms with Gasteiger partial charge in [-0.1, -0.05) is 20.8 Å². The first-order chi connectivity index (χ1) is 9.84. The molecule has 0 saturated heterocycles. The van der Waals surface area contributed by atoms with E-state index in [0.717, 1.165) is 42.3 Å². The van der Waals surface area contributed by atoms with Crippen LogP contribution in [0.4, 0.5) is 5.82 Å². The third-order valence-electron chi connectivity index (χ3n) is 4.33. The summed E-state index contributed by atoms with van der Waals surface area (Å²) in [7, 11) is 0. The standard InChI is InChI=1S/C16H24N4O/c1-9-14(16(2,3)4)21-15(18-9)11-6-5-10(7-11)12-8-13(17)20-19-12/h8,10-11H,5-7H2,1-4H3,(H3,17,19,20). The molecule has 0 spiro atoms. The number of aromatic amines is 1. The maximum atomic E-state index is 6.09. The second-order valence-electron chi connectivity index (χ2n) is 7.17. The molecule has 1 aliphatic rings. The predicted octanol–water partition coefficient (Wildman–Crippen LogP) is 3.64. The highest BCUT2D eigenvalue weighted by Gasteiger charge is 2.33. The molecule has 3 N–H and O–H groups in total. The van der Waals surface area contributed by atoms with Crippen LogP contribution < -0.4 is 5.73 Å². The van der Waals surface area contributed by atoms with Crippen LogP contribution >= 0.6 is 0 Å². The summed E-state index contributed by atoms with van der Waals surface area (Å²) in [6.45, 7) is 8.52. The molecular weight excluding hydrogens is 264 g/mol. The van der Waals surface area contributed by atoms with E-state index in [4.69, 9.17) is 10.2 Å². The van der Waals surface area contributed by atoms with Crippen LogP contribution in [0.2, 0.25) is 0 Å². The molecule has 21 heavy (non-hydrogen) atoms. The Kier molecular flexibility index (Phi) is 3.30. The lowest BCUT2D eigenvalue weighted by Gasteiger charge is -2.15. The van der Waals surface area contributed by atoms with Gasteiger partial charge in [-0.15, -0.1) is 0 Å². The summed E-state index contributed by atoms with van der Waals surface area (Å²) in [5, 5.41) is 7.06. The Morgan fingerprint density at radius 1 is 1.29 bits per heavy atom. The topological polar surface area (TPSA) is 80.7 Å². The number of nitrogens with one attached hydrogen (secondary N) is 1. The van der Waals surface area contributed by atoms with Crippen LogP contribution in [0.25, 0.3) is 0 Å². The molecular formula is C16H24N4O. The van der Waals surface area contributed by atoms with Crippen LogP contribution in [0.1, 0.15) is 74.9 Å². The molecule has 2 heterocycles. The van der Waals surface area contributed by atoms with Gasteiger partial charge in [-0.3, -0.25) is 5.10 Å². The van der Waals surface area contributed by atoms with Crippen LogP contribution in [0.15, 0.2) is 10.5 Å². The number of rotatable bonds is 2. The molecule has 1 fully saturated rings. The molecule has 3 rings (SSSR count). The van der Waals surface area contributed by atoms with Crippen molar-refractivity contribution in [3.05, 3.63) is 29.1 Å². The number of anilines is 1. The molecule has 0 bridgehead atoms. The smallest absolute Gasteiger partial charge is 0.197 e. The maximum Gasteiger partial charge on any atom is 0.197 e. The summed E-state index contributed by atoms with van der Waals surface area (Å²) in [6, 6.07) is 1.94. The van der Waals surface area contributed by atoms with Crippen molar-refractivity contribution in [3.8, 4) is 0 Å². The third-order valence-corrected chi connectivity index (χ3v) is 4.33. The Hall–Kier alpha value is -1.78. The second kappa shape index (κ2) is 4.90. The summed E-state index contributed by atoms with van der Waals surface area (Å²) >= 11 is 0. The molecule has 2 unspecified atom stereocenters. The molecule has 2 aromatic heterocycles. The van der Waals surface area contributed by atoms with Crippen LogP contribution in [-0.4, -0.2) is 15.2 Å². The summed E-state index contributed by atoms with van der Waals surface area (Å²) < 4.78 is 6.09. The maximum absolute atomic E-state index is 6.09. The summed E-state index contributed by atoms with van der Waals surface area (Å²) in [5.41, 5.74) is 7.85. The van der Waals surface area contributed by atoms with E-state index in [9.17, 15) is 0 Å². The second-order valence-corrected chi connectivity index (χ2v) is 7.17. The van der Waals surface area contributed by atoms with Gasteiger partial charge in [-0.05, 0) is 26.2 Å².